The van der Waals surface area contributed by atoms with Gasteiger partial charge in [0.05, 0.1) is 0 Å². The van der Waals surface area contributed by atoms with E-state index in [-0.39, 0.29) is 16.6 Å². The molecule has 1 aromatic rings. The lowest BCUT2D eigenvalue weighted by Crippen LogP contribution is -2.53. The topological polar surface area (TPSA) is 26.0 Å². The van der Waals surface area contributed by atoms with Crippen molar-refractivity contribution in [3.63, 3.8) is 0 Å². The van der Waals surface area contributed by atoms with Gasteiger partial charge in [0.1, 0.15) is 11.6 Å². The van der Waals surface area contributed by atoms with Gasteiger partial charge in [-0.15, -0.1) is 0 Å². The van der Waals surface area contributed by atoms with Crippen LogP contribution in [0, 0.1) is 22.5 Å². The van der Waals surface area contributed by atoms with Crippen molar-refractivity contribution in [3.8, 4) is 0 Å². The Morgan fingerprint density at radius 2 is 1.55 bits per heavy atom. The van der Waals surface area contributed by atoms with Crippen LogP contribution in [0.5, 0.6) is 0 Å². The highest BCUT2D eigenvalue weighted by Gasteiger charge is 2.45. The summed E-state index contributed by atoms with van der Waals surface area (Å²) in [5.41, 5.74) is 6.74. The molecule has 1 fully saturated rings. The third-order valence-electron chi connectivity index (χ3n) is 4.17. The molecule has 0 radical (unpaired) electrons. The van der Waals surface area contributed by atoms with Gasteiger partial charge in [0.25, 0.3) is 0 Å². The molecule has 0 spiro atoms. The van der Waals surface area contributed by atoms with Crippen molar-refractivity contribution in [1.82, 2.24) is 0 Å². The summed E-state index contributed by atoms with van der Waals surface area (Å²) in [6, 6.07) is 3.61. The van der Waals surface area contributed by atoms with Crippen molar-refractivity contribution in [2.24, 2.45) is 16.6 Å². The van der Waals surface area contributed by atoms with Gasteiger partial charge in [-0.05, 0) is 60.3 Å². The minimum absolute atomic E-state index is 0.125. The molecule has 2 rings (SSSR count). The van der Waals surface area contributed by atoms with E-state index >= 15 is 0 Å². The van der Waals surface area contributed by atoms with Gasteiger partial charge in [-0.2, -0.15) is 0 Å². The molecule has 0 bridgehead atoms. The molecule has 0 heterocycles. The van der Waals surface area contributed by atoms with E-state index in [2.05, 4.69) is 27.7 Å². The van der Waals surface area contributed by atoms with Crippen molar-refractivity contribution in [2.75, 3.05) is 0 Å². The van der Waals surface area contributed by atoms with Crippen LogP contribution in [-0.4, -0.2) is 5.54 Å². The monoisotopic (exact) mass is 281 g/mol. The number of rotatable bonds is 2. The predicted molar refractivity (Wildman–Crippen MR) is 78.4 cm³/mol. The predicted octanol–water partition coefficient (Wildman–Crippen LogP) is 4.44. The Labute approximate surface area is 120 Å². The van der Waals surface area contributed by atoms with Crippen LogP contribution in [0.15, 0.2) is 18.2 Å². The fourth-order valence-electron chi connectivity index (χ4n) is 4.57. The van der Waals surface area contributed by atoms with Gasteiger partial charge >= 0.3 is 0 Å². The van der Waals surface area contributed by atoms with E-state index in [4.69, 9.17) is 5.73 Å². The van der Waals surface area contributed by atoms with E-state index in [9.17, 15) is 8.78 Å². The minimum Gasteiger partial charge on any atom is -0.325 e. The molecule has 3 heteroatoms. The standard InChI is InChI=1S/C17H25F2N/c1-15(2)9-16(3,4)11-17(20,10-15)8-12-7-13(18)5-6-14(12)19/h5-7H,8-11,20H2,1-4H3. The molecule has 0 aromatic heterocycles. The van der Waals surface area contributed by atoms with Crippen LogP contribution in [0.4, 0.5) is 8.78 Å². The first-order valence-corrected chi connectivity index (χ1v) is 7.23. The maximum atomic E-state index is 13.9. The van der Waals surface area contributed by atoms with Crippen molar-refractivity contribution >= 4 is 0 Å². The van der Waals surface area contributed by atoms with Crippen LogP contribution in [0.2, 0.25) is 0 Å². The Morgan fingerprint density at radius 1 is 1.00 bits per heavy atom. The maximum absolute atomic E-state index is 13.9. The zero-order chi connectivity index (χ0) is 15.2. The molecule has 112 valence electrons. The number of hydrogen-bond acceptors (Lipinski definition) is 1. The van der Waals surface area contributed by atoms with Gasteiger partial charge in [-0.3, -0.25) is 0 Å². The highest BCUT2D eigenvalue weighted by Crippen LogP contribution is 2.50. The zero-order valence-corrected chi connectivity index (χ0v) is 12.9. The summed E-state index contributed by atoms with van der Waals surface area (Å²) in [5, 5.41) is 0. The zero-order valence-electron chi connectivity index (χ0n) is 12.9. The highest BCUT2D eigenvalue weighted by atomic mass is 19.1. The smallest absolute Gasteiger partial charge is 0.126 e. The first-order chi connectivity index (χ1) is 9.00. The van der Waals surface area contributed by atoms with Crippen LogP contribution in [-0.2, 0) is 6.42 Å². The summed E-state index contributed by atoms with van der Waals surface area (Å²) in [5.74, 6) is -0.767. The quantitative estimate of drug-likeness (QED) is 0.852. The first-order valence-electron chi connectivity index (χ1n) is 7.23. The number of nitrogens with two attached hydrogens (primary N) is 1. The molecule has 0 aliphatic heterocycles. The van der Waals surface area contributed by atoms with E-state index in [0.717, 1.165) is 25.3 Å². The van der Waals surface area contributed by atoms with Gasteiger partial charge in [0, 0.05) is 5.54 Å². The molecule has 1 aliphatic rings. The fraction of sp³-hybridized carbons (Fsp3) is 0.647. The molecular formula is C17H25F2N. The van der Waals surface area contributed by atoms with Crippen LogP contribution in [0.25, 0.3) is 0 Å². The largest absolute Gasteiger partial charge is 0.325 e. The van der Waals surface area contributed by atoms with E-state index in [1.54, 1.807) is 0 Å². The lowest BCUT2D eigenvalue weighted by atomic mass is 9.57. The Balaban J connectivity index is 2.28. The molecule has 1 saturated carbocycles. The Morgan fingerprint density at radius 3 is 2.10 bits per heavy atom. The molecule has 1 nitrogen and oxygen atoms in total. The Hall–Kier alpha value is -0.960. The van der Waals surface area contributed by atoms with Gasteiger partial charge < -0.3 is 5.73 Å². The number of benzene rings is 1. The second-order valence-electron chi connectivity index (χ2n) is 8.13. The molecule has 1 aromatic carbocycles. The van der Waals surface area contributed by atoms with Crippen molar-refractivity contribution < 1.29 is 8.78 Å². The summed E-state index contributed by atoms with van der Waals surface area (Å²) >= 11 is 0. The molecular weight excluding hydrogens is 256 g/mol. The maximum Gasteiger partial charge on any atom is 0.126 e. The van der Waals surface area contributed by atoms with E-state index < -0.39 is 11.4 Å². The number of hydrogen-bond donors (Lipinski definition) is 1. The minimum atomic E-state index is -0.472. The van der Waals surface area contributed by atoms with E-state index in [0.29, 0.717) is 12.0 Å². The lowest BCUT2D eigenvalue weighted by molar-refractivity contribution is 0.0483. The summed E-state index contributed by atoms with van der Waals surface area (Å²) in [6.45, 7) is 8.82. The normalized spacial score (nSPS) is 23.6. The van der Waals surface area contributed by atoms with Gasteiger partial charge in [-0.25, -0.2) is 8.78 Å². The van der Waals surface area contributed by atoms with Gasteiger partial charge in [0.2, 0.25) is 0 Å². The average Bonchev–Trinajstić information content (AvgIpc) is 2.17. The molecule has 2 N–H and O–H groups in total. The molecule has 20 heavy (non-hydrogen) atoms. The second-order valence-corrected chi connectivity index (χ2v) is 8.13. The molecule has 0 unspecified atom stereocenters. The Kier molecular flexibility index (Phi) is 3.70. The lowest BCUT2D eigenvalue weighted by Gasteiger charge is -2.50. The average molecular weight is 281 g/mol. The number of halogens is 2. The molecule has 0 saturated heterocycles. The molecule has 1 aliphatic carbocycles. The van der Waals surface area contributed by atoms with Crippen molar-refractivity contribution in [3.05, 3.63) is 35.4 Å². The van der Waals surface area contributed by atoms with Crippen LogP contribution in [0.3, 0.4) is 0 Å². The summed E-state index contributed by atoms with van der Waals surface area (Å²) in [6.07, 6.45) is 3.16. The third-order valence-corrected chi connectivity index (χ3v) is 4.17. The summed E-state index contributed by atoms with van der Waals surface area (Å²) in [4.78, 5) is 0. The van der Waals surface area contributed by atoms with Crippen LogP contribution < -0.4 is 5.73 Å². The van der Waals surface area contributed by atoms with Crippen LogP contribution >= 0.6 is 0 Å². The van der Waals surface area contributed by atoms with Gasteiger partial charge in [-0.1, -0.05) is 27.7 Å². The highest BCUT2D eigenvalue weighted by molar-refractivity contribution is 5.22. The summed E-state index contributed by atoms with van der Waals surface area (Å²) < 4.78 is 27.2. The molecule has 0 atom stereocenters. The van der Waals surface area contributed by atoms with Crippen molar-refractivity contribution in [2.45, 2.75) is 58.9 Å². The van der Waals surface area contributed by atoms with Crippen LogP contribution in [0.1, 0.15) is 52.5 Å². The summed E-state index contributed by atoms with van der Waals surface area (Å²) in [7, 11) is 0. The third kappa shape index (κ3) is 3.57. The first kappa shape index (κ1) is 15.4. The Bertz CT molecular complexity index is 490. The SMILES string of the molecule is CC1(C)CC(C)(C)CC(N)(Cc2cc(F)ccc2F)C1. The van der Waals surface area contributed by atoms with E-state index in [1.807, 2.05) is 0 Å². The van der Waals surface area contributed by atoms with Gasteiger partial charge in [0.15, 0.2) is 0 Å². The fourth-order valence-corrected chi connectivity index (χ4v) is 4.57. The van der Waals surface area contributed by atoms with Crippen molar-refractivity contribution in [1.29, 1.82) is 0 Å². The van der Waals surface area contributed by atoms with E-state index in [1.165, 1.54) is 12.1 Å². The molecule has 0 amide bonds. The second kappa shape index (κ2) is 4.80.